The van der Waals surface area contributed by atoms with Crippen molar-refractivity contribution in [3.8, 4) is 11.1 Å². The normalized spacial score (nSPS) is 16.8. The summed E-state index contributed by atoms with van der Waals surface area (Å²) in [6.07, 6.45) is 1.71. The van der Waals surface area contributed by atoms with Gasteiger partial charge in [-0.15, -0.1) is 0 Å². The van der Waals surface area contributed by atoms with Gasteiger partial charge in [0.15, 0.2) is 0 Å². The van der Waals surface area contributed by atoms with Crippen molar-refractivity contribution in [3.63, 3.8) is 0 Å². The maximum atomic E-state index is 13.0. The third-order valence-corrected chi connectivity index (χ3v) is 7.85. The van der Waals surface area contributed by atoms with Crippen LogP contribution in [-0.4, -0.2) is 45.5 Å². The molecule has 4 N–H and O–H groups in total. The van der Waals surface area contributed by atoms with Crippen molar-refractivity contribution in [2.45, 2.75) is 18.9 Å². The molecular weight excluding hydrogens is 494 g/mol. The second kappa shape index (κ2) is 8.93. The molecule has 1 atom stereocenters. The second-order valence-electron chi connectivity index (χ2n) is 9.04. The first-order valence-electron chi connectivity index (χ1n) is 11.6. The minimum absolute atomic E-state index is 0.198. The number of carbonyl (C=O) groups is 3. The van der Waals surface area contributed by atoms with Gasteiger partial charge in [-0.3, -0.25) is 23.6 Å². The number of primary amides is 1. The number of carbonyl (C=O) groups excluding carboxylic acids is 3. The zero-order chi connectivity index (χ0) is 26.5. The molecule has 2 heterocycles. The van der Waals surface area contributed by atoms with E-state index in [1.807, 2.05) is 12.1 Å². The van der Waals surface area contributed by atoms with Crippen LogP contribution in [0, 0.1) is 0 Å². The van der Waals surface area contributed by atoms with E-state index in [2.05, 4.69) is 10.6 Å². The quantitative estimate of drug-likeness (QED) is 0.473. The van der Waals surface area contributed by atoms with Gasteiger partial charge in [0, 0.05) is 24.7 Å². The number of nitrogens with one attached hydrogen (secondary N) is 2. The Kier molecular flexibility index (Phi) is 5.87. The monoisotopic (exact) mass is 519 g/mol. The molecular formula is C26H25N5O5S. The van der Waals surface area contributed by atoms with Gasteiger partial charge in [-0.1, -0.05) is 24.3 Å². The van der Waals surface area contributed by atoms with Crippen molar-refractivity contribution in [1.29, 1.82) is 0 Å². The molecule has 5 rings (SSSR count). The predicted octanol–water partition coefficient (Wildman–Crippen LogP) is 3.04. The summed E-state index contributed by atoms with van der Waals surface area (Å²) in [7, 11) is -2.01. The average molecular weight is 520 g/mol. The van der Waals surface area contributed by atoms with Crippen molar-refractivity contribution in [3.05, 3.63) is 66.2 Å². The van der Waals surface area contributed by atoms with E-state index in [1.54, 1.807) is 48.5 Å². The van der Waals surface area contributed by atoms with Crippen molar-refractivity contribution in [2.24, 2.45) is 5.73 Å². The molecule has 190 valence electrons. The molecule has 0 unspecified atom stereocenters. The van der Waals surface area contributed by atoms with Gasteiger partial charge in [-0.25, -0.2) is 8.42 Å². The summed E-state index contributed by atoms with van der Waals surface area (Å²) in [6.45, 7) is 0. The van der Waals surface area contributed by atoms with Gasteiger partial charge in [-0.05, 0) is 48.4 Å². The van der Waals surface area contributed by atoms with Gasteiger partial charge >= 0.3 is 0 Å². The number of nitrogens with two attached hydrogens (primary N) is 1. The number of fused-ring (bicyclic) bond motifs is 2. The van der Waals surface area contributed by atoms with Crippen molar-refractivity contribution in [2.75, 3.05) is 33.1 Å². The number of sulfonamides is 1. The Balaban J connectivity index is 1.57. The Hall–Kier alpha value is -4.38. The molecule has 2 aliphatic rings. The molecule has 1 saturated heterocycles. The molecule has 3 aromatic carbocycles. The van der Waals surface area contributed by atoms with E-state index in [0.717, 1.165) is 6.26 Å². The van der Waals surface area contributed by atoms with E-state index in [4.69, 9.17) is 5.73 Å². The van der Waals surface area contributed by atoms with Crippen molar-refractivity contribution < 1.29 is 22.8 Å². The Morgan fingerprint density at radius 3 is 2.46 bits per heavy atom. The molecule has 0 saturated carbocycles. The first-order chi connectivity index (χ1) is 17.5. The zero-order valence-corrected chi connectivity index (χ0v) is 21.0. The highest BCUT2D eigenvalue weighted by Crippen LogP contribution is 2.39. The maximum Gasteiger partial charge on any atom is 0.257 e. The lowest BCUT2D eigenvalue weighted by Crippen LogP contribution is -2.42. The van der Waals surface area contributed by atoms with E-state index in [0.29, 0.717) is 51.5 Å². The minimum Gasteiger partial charge on any atom is -0.368 e. The lowest BCUT2D eigenvalue weighted by molar-refractivity contribution is -0.121. The summed E-state index contributed by atoms with van der Waals surface area (Å²) in [5, 5.41) is 6.14. The predicted molar refractivity (Wildman–Crippen MR) is 143 cm³/mol. The fraction of sp³-hybridized carbons (Fsp3) is 0.192. The number of rotatable bonds is 5. The summed E-state index contributed by atoms with van der Waals surface area (Å²) in [6, 6.07) is 16.6. The van der Waals surface area contributed by atoms with Crippen LogP contribution in [0.2, 0.25) is 0 Å². The van der Waals surface area contributed by atoms with Crippen LogP contribution in [0.1, 0.15) is 23.2 Å². The van der Waals surface area contributed by atoms with Crippen molar-refractivity contribution in [1.82, 2.24) is 0 Å². The Labute approximate surface area is 214 Å². The second-order valence-corrected chi connectivity index (χ2v) is 11.1. The van der Waals surface area contributed by atoms with Crippen LogP contribution in [0.15, 0.2) is 60.7 Å². The molecule has 0 radical (unpaired) electrons. The Morgan fingerprint density at radius 2 is 1.73 bits per heavy atom. The number of anilines is 5. The molecule has 0 aromatic heterocycles. The molecule has 10 nitrogen and oxygen atoms in total. The summed E-state index contributed by atoms with van der Waals surface area (Å²) in [4.78, 5) is 38.8. The molecule has 3 amide bonds. The van der Waals surface area contributed by atoms with Gasteiger partial charge in [0.1, 0.15) is 6.04 Å². The number of benzene rings is 3. The van der Waals surface area contributed by atoms with Crippen LogP contribution in [0.25, 0.3) is 11.1 Å². The van der Waals surface area contributed by atoms with Crippen LogP contribution >= 0.6 is 0 Å². The number of hydrogen-bond donors (Lipinski definition) is 3. The first-order valence-corrected chi connectivity index (χ1v) is 13.4. The lowest BCUT2D eigenvalue weighted by Gasteiger charge is -2.23. The molecule has 37 heavy (non-hydrogen) atoms. The third-order valence-electron chi connectivity index (χ3n) is 6.66. The van der Waals surface area contributed by atoms with Gasteiger partial charge in [0.2, 0.25) is 21.8 Å². The average Bonchev–Trinajstić information content (AvgIpc) is 3.19. The minimum atomic E-state index is -3.50. The number of nitrogens with zero attached hydrogens (tertiary/aromatic N) is 2. The van der Waals surface area contributed by atoms with Gasteiger partial charge in [0.05, 0.1) is 34.6 Å². The topological polar surface area (TPSA) is 142 Å². The van der Waals surface area contributed by atoms with Gasteiger partial charge in [-0.2, -0.15) is 0 Å². The van der Waals surface area contributed by atoms with Crippen LogP contribution in [-0.2, 0) is 19.6 Å². The van der Waals surface area contributed by atoms with E-state index >= 15 is 0 Å². The van der Waals surface area contributed by atoms with E-state index < -0.39 is 22.0 Å². The molecule has 0 spiro atoms. The smallest absolute Gasteiger partial charge is 0.257 e. The summed E-state index contributed by atoms with van der Waals surface area (Å²) < 4.78 is 25.6. The highest BCUT2D eigenvalue weighted by atomic mass is 32.2. The molecule has 3 aromatic rings. The maximum absolute atomic E-state index is 13.0. The highest BCUT2D eigenvalue weighted by molar-refractivity contribution is 7.92. The van der Waals surface area contributed by atoms with Crippen molar-refractivity contribution >= 4 is 56.2 Å². The highest BCUT2D eigenvalue weighted by Gasteiger charge is 2.36. The fourth-order valence-corrected chi connectivity index (χ4v) is 5.21. The Morgan fingerprint density at radius 1 is 0.973 bits per heavy atom. The largest absolute Gasteiger partial charge is 0.368 e. The van der Waals surface area contributed by atoms with E-state index in [-0.39, 0.29) is 18.2 Å². The van der Waals surface area contributed by atoms with E-state index in [9.17, 15) is 22.8 Å². The van der Waals surface area contributed by atoms with Crippen LogP contribution in [0.4, 0.5) is 28.4 Å². The molecule has 0 bridgehead atoms. The number of hydrogen-bond acceptors (Lipinski definition) is 6. The van der Waals surface area contributed by atoms with E-state index in [1.165, 1.54) is 16.3 Å². The van der Waals surface area contributed by atoms with Gasteiger partial charge < -0.3 is 16.4 Å². The number of amides is 3. The summed E-state index contributed by atoms with van der Waals surface area (Å²) in [5.41, 5.74) is 9.81. The zero-order valence-electron chi connectivity index (χ0n) is 20.2. The number of para-hydroxylation sites is 1. The molecule has 0 aliphatic carbocycles. The third kappa shape index (κ3) is 4.38. The molecule has 11 heteroatoms. The Bertz CT molecular complexity index is 1570. The van der Waals surface area contributed by atoms with Crippen LogP contribution in [0.5, 0.6) is 0 Å². The lowest BCUT2D eigenvalue weighted by atomic mass is 10.0. The van der Waals surface area contributed by atoms with Gasteiger partial charge in [0.25, 0.3) is 5.91 Å². The summed E-state index contributed by atoms with van der Waals surface area (Å²) in [5.74, 6) is -1.10. The molecule has 1 fully saturated rings. The van der Waals surface area contributed by atoms with Crippen LogP contribution < -0.4 is 25.6 Å². The van der Waals surface area contributed by atoms with Crippen LogP contribution in [0.3, 0.4) is 0 Å². The first kappa shape index (κ1) is 24.3. The standard InChI is InChI=1S/C26H25N5O5S/c1-30(37(2,35)36)22-6-4-3-5-17(22)15-7-9-18-20(13-15)28-21-14-16(8-10-19(21)29-26(18)34)31-23(25(27)33)11-12-24(31)32/h3-10,13-14,23,28H,11-12H2,1-2H3,(H2,27,33)(H,29,34)/t23-/m0/s1. The fourth-order valence-electron chi connectivity index (χ4n) is 4.69. The summed E-state index contributed by atoms with van der Waals surface area (Å²) >= 11 is 0. The SMILES string of the molecule is CN(c1ccccc1-c1ccc2c(c1)Nc1cc(N3C(=O)CC[C@H]3C(N)=O)ccc1NC2=O)S(C)(=O)=O. The molecule has 2 aliphatic heterocycles.